The maximum atomic E-state index is 11.1. The Balaban J connectivity index is 2.02. The highest BCUT2D eigenvalue weighted by molar-refractivity contribution is 7.10. The SMILES string of the molecule is O=[N+]([O-])c1cc([C@@H](c2cccs2)N2CCNCC2)ccc1O. The second-order valence-electron chi connectivity index (χ2n) is 5.21. The van der Waals surface area contributed by atoms with Gasteiger partial charge in [-0.25, -0.2) is 0 Å². The first kappa shape index (κ1) is 15.0. The minimum atomic E-state index is -0.540. The molecule has 22 heavy (non-hydrogen) atoms. The van der Waals surface area contributed by atoms with E-state index in [1.807, 2.05) is 11.4 Å². The molecule has 0 spiro atoms. The molecule has 1 aliphatic rings. The summed E-state index contributed by atoms with van der Waals surface area (Å²) in [6.45, 7) is 3.58. The first-order chi connectivity index (χ1) is 10.7. The lowest BCUT2D eigenvalue weighted by Crippen LogP contribution is -2.45. The van der Waals surface area contributed by atoms with E-state index in [0.717, 1.165) is 36.6 Å². The fraction of sp³-hybridized carbons (Fsp3) is 0.333. The smallest absolute Gasteiger partial charge is 0.311 e. The molecule has 1 atom stereocenters. The van der Waals surface area contributed by atoms with Crippen LogP contribution in [0.15, 0.2) is 35.7 Å². The molecular formula is C15H17N3O3S. The van der Waals surface area contributed by atoms with Crippen LogP contribution in [0.3, 0.4) is 0 Å². The van der Waals surface area contributed by atoms with Crippen molar-refractivity contribution in [3.63, 3.8) is 0 Å². The molecule has 1 aromatic heterocycles. The van der Waals surface area contributed by atoms with Gasteiger partial charge >= 0.3 is 5.69 Å². The van der Waals surface area contributed by atoms with Crippen LogP contribution in [-0.2, 0) is 0 Å². The van der Waals surface area contributed by atoms with E-state index in [2.05, 4.69) is 16.3 Å². The quantitative estimate of drug-likeness (QED) is 0.668. The number of thiophene rings is 1. The Labute approximate surface area is 132 Å². The molecule has 0 amide bonds. The lowest BCUT2D eigenvalue weighted by molar-refractivity contribution is -0.385. The van der Waals surface area contributed by atoms with Gasteiger partial charge in [0.25, 0.3) is 0 Å². The molecular weight excluding hydrogens is 302 g/mol. The number of benzene rings is 1. The number of phenols is 1. The molecule has 116 valence electrons. The zero-order valence-corrected chi connectivity index (χ0v) is 12.8. The van der Waals surface area contributed by atoms with E-state index in [1.165, 1.54) is 12.1 Å². The van der Waals surface area contributed by atoms with Crippen LogP contribution in [0.4, 0.5) is 5.69 Å². The Bertz CT molecular complexity index is 654. The summed E-state index contributed by atoms with van der Waals surface area (Å²) in [5, 5.41) is 26.1. The number of nitrogens with zero attached hydrogens (tertiary/aromatic N) is 2. The number of phenolic OH excluding ortho intramolecular Hbond substituents is 1. The Morgan fingerprint density at radius 2 is 2.09 bits per heavy atom. The summed E-state index contributed by atoms with van der Waals surface area (Å²) in [6.07, 6.45) is 0. The number of nitrogens with one attached hydrogen (secondary N) is 1. The van der Waals surface area contributed by atoms with Crippen LogP contribution in [-0.4, -0.2) is 41.1 Å². The first-order valence-corrected chi connectivity index (χ1v) is 8.00. The highest BCUT2D eigenvalue weighted by Crippen LogP contribution is 2.36. The summed E-state index contributed by atoms with van der Waals surface area (Å²) in [5.41, 5.74) is 0.600. The number of piperazine rings is 1. The van der Waals surface area contributed by atoms with Gasteiger partial charge in [-0.15, -0.1) is 11.3 Å². The van der Waals surface area contributed by atoms with Crippen LogP contribution < -0.4 is 5.32 Å². The maximum absolute atomic E-state index is 11.1. The van der Waals surface area contributed by atoms with Crippen LogP contribution in [0.1, 0.15) is 16.5 Å². The summed E-state index contributed by atoms with van der Waals surface area (Å²) in [5.74, 6) is -0.293. The largest absolute Gasteiger partial charge is 0.502 e. The second kappa shape index (κ2) is 6.43. The van der Waals surface area contributed by atoms with Crippen LogP contribution in [0.5, 0.6) is 5.75 Å². The molecule has 7 heteroatoms. The number of nitro groups is 1. The summed E-state index contributed by atoms with van der Waals surface area (Å²) < 4.78 is 0. The predicted molar refractivity (Wildman–Crippen MR) is 85.4 cm³/mol. The minimum absolute atomic E-state index is 0.0126. The summed E-state index contributed by atoms with van der Waals surface area (Å²) >= 11 is 1.64. The van der Waals surface area contributed by atoms with Gasteiger partial charge in [0.1, 0.15) is 0 Å². The molecule has 1 aromatic carbocycles. The Morgan fingerprint density at radius 3 is 2.73 bits per heavy atom. The molecule has 1 fully saturated rings. The third-order valence-corrected chi connectivity index (χ3v) is 4.77. The van der Waals surface area contributed by atoms with Crippen molar-refractivity contribution in [3.05, 3.63) is 56.3 Å². The van der Waals surface area contributed by atoms with E-state index in [-0.39, 0.29) is 17.5 Å². The van der Waals surface area contributed by atoms with Gasteiger partial charge in [-0.3, -0.25) is 15.0 Å². The molecule has 2 aromatic rings. The lowest BCUT2D eigenvalue weighted by Gasteiger charge is -2.34. The van der Waals surface area contributed by atoms with Crippen molar-refractivity contribution >= 4 is 17.0 Å². The summed E-state index contributed by atoms with van der Waals surface area (Å²) in [7, 11) is 0. The number of nitro benzene ring substituents is 1. The molecule has 0 aliphatic carbocycles. The van der Waals surface area contributed by atoms with Crippen LogP contribution in [0.25, 0.3) is 0 Å². The number of aromatic hydroxyl groups is 1. The van der Waals surface area contributed by atoms with Gasteiger partial charge in [-0.1, -0.05) is 12.1 Å². The monoisotopic (exact) mass is 319 g/mol. The van der Waals surface area contributed by atoms with E-state index in [1.54, 1.807) is 17.4 Å². The fourth-order valence-corrected chi connectivity index (χ4v) is 3.68. The summed E-state index contributed by atoms with van der Waals surface area (Å²) in [4.78, 5) is 14.0. The van der Waals surface area contributed by atoms with Crippen molar-refractivity contribution in [2.75, 3.05) is 26.2 Å². The normalized spacial score (nSPS) is 17.3. The van der Waals surface area contributed by atoms with Gasteiger partial charge in [-0.05, 0) is 23.1 Å². The van der Waals surface area contributed by atoms with Crippen molar-refractivity contribution in [2.45, 2.75) is 6.04 Å². The third-order valence-electron chi connectivity index (χ3n) is 3.84. The van der Waals surface area contributed by atoms with Gasteiger partial charge in [0.15, 0.2) is 5.75 Å². The Kier molecular flexibility index (Phi) is 4.37. The summed E-state index contributed by atoms with van der Waals surface area (Å²) in [6, 6.07) is 8.70. The molecule has 3 rings (SSSR count). The van der Waals surface area contributed by atoms with E-state index in [9.17, 15) is 15.2 Å². The van der Waals surface area contributed by atoms with Gasteiger partial charge in [0, 0.05) is 37.1 Å². The molecule has 0 saturated carbocycles. The molecule has 0 unspecified atom stereocenters. The maximum Gasteiger partial charge on any atom is 0.311 e. The molecule has 2 N–H and O–H groups in total. The zero-order valence-electron chi connectivity index (χ0n) is 11.9. The number of rotatable bonds is 4. The molecule has 1 saturated heterocycles. The molecule has 2 heterocycles. The molecule has 6 nitrogen and oxygen atoms in total. The average molecular weight is 319 g/mol. The van der Waals surface area contributed by atoms with Crippen LogP contribution in [0.2, 0.25) is 0 Å². The second-order valence-corrected chi connectivity index (χ2v) is 6.19. The zero-order chi connectivity index (χ0) is 15.5. The van der Waals surface area contributed by atoms with Gasteiger partial charge in [0.2, 0.25) is 0 Å². The fourth-order valence-electron chi connectivity index (χ4n) is 2.80. The van der Waals surface area contributed by atoms with E-state index in [0.29, 0.717) is 0 Å². The van der Waals surface area contributed by atoms with Crippen molar-refractivity contribution < 1.29 is 10.0 Å². The van der Waals surface area contributed by atoms with Gasteiger partial charge < -0.3 is 10.4 Å². The first-order valence-electron chi connectivity index (χ1n) is 7.12. The van der Waals surface area contributed by atoms with Crippen molar-refractivity contribution in [1.29, 1.82) is 0 Å². The Hall–Kier alpha value is -1.96. The van der Waals surface area contributed by atoms with E-state index < -0.39 is 4.92 Å². The average Bonchev–Trinajstić information content (AvgIpc) is 3.04. The highest BCUT2D eigenvalue weighted by Gasteiger charge is 2.27. The number of hydrogen-bond donors (Lipinski definition) is 2. The topological polar surface area (TPSA) is 78.6 Å². The minimum Gasteiger partial charge on any atom is -0.502 e. The van der Waals surface area contributed by atoms with Gasteiger partial charge in [-0.2, -0.15) is 0 Å². The van der Waals surface area contributed by atoms with Gasteiger partial charge in [0.05, 0.1) is 11.0 Å². The molecule has 0 radical (unpaired) electrons. The van der Waals surface area contributed by atoms with Crippen molar-refractivity contribution in [3.8, 4) is 5.75 Å². The molecule has 0 bridgehead atoms. The van der Waals surface area contributed by atoms with Crippen molar-refractivity contribution in [2.24, 2.45) is 0 Å². The van der Waals surface area contributed by atoms with E-state index >= 15 is 0 Å². The van der Waals surface area contributed by atoms with Crippen LogP contribution in [0, 0.1) is 10.1 Å². The van der Waals surface area contributed by atoms with E-state index in [4.69, 9.17) is 0 Å². The number of hydrogen-bond acceptors (Lipinski definition) is 6. The van der Waals surface area contributed by atoms with Crippen molar-refractivity contribution in [1.82, 2.24) is 10.2 Å². The third kappa shape index (κ3) is 2.96. The van der Waals surface area contributed by atoms with Crippen LogP contribution >= 0.6 is 11.3 Å². The lowest BCUT2D eigenvalue weighted by atomic mass is 10.0. The standard InChI is InChI=1S/C15H17N3O3S/c19-13-4-3-11(10-12(13)18(20)21)15(14-2-1-9-22-14)17-7-5-16-6-8-17/h1-4,9-10,15-16,19H,5-8H2/t15-/m0/s1. The molecule has 1 aliphatic heterocycles. The highest BCUT2D eigenvalue weighted by atomic mass is 32.1. The Morgan fingerprint density at radius 1 is 1.32 bits per heavy atom. The predicted octanol–water partition coefficient (Wildman–Crippen LogP) is 2.36.